The van der Waals surface area contributed by atoms with E-state index in [1.807, 2.05) is 0 Å². The van der Waals surface area contributed by atoms with Crippen molar-refractivity contribution in [1.82, 2.24) is 0 Å². The third kappa shape index (κ3) is 1.34. The van der Waals surface area contributed by atoms with Crippen LogP contribution in [0.1, 0.15) is 47.0 Å². The molecule has 5 atom stereocenters. The van der Waals surface area contributed by atoms with E-state index in [1.165, 1.54) is 12.0 Å². The largest absolute Gasteiger partial charge is 0.386 e. The summed E-state index contributed by atoms with van der Waals surface area (Å²) in [5.41, 5.74) is 0.391. The van der Waals surface area contributed by atoms with Gasteiger partial charge in [-0.25, -0.2) is 0 Å². The Morgan fingerprint density at radius 1 is 1.47 bits per heavy atom. The summed E-state index contributed by atoms with van der Waals surface area (Å²) in [7, 11) is 0. The van der Waals surface area contributed by atoms with Crippen LogP contribution in [-0.4, -0.2) is 22.4 Å². The molecule has 96 valence electrons. The van der Waals surface area contributed by atoms with Crippen LogP contribution in [0.4, 0.5) is 0 Å². The van der Waals surface area contributed by atoms with Gasteiger partial charge in [0.15, 0.2) is 0 Å². The van der Waals surface area contributed by atoms with Gasteiger partial charge in [0, 0.05) is 12.3 Å². The van der Waals surface area contributed by atoms with Gasteiger partial charge < -0.3 is 9.84 Å². The maximum Gasteiger partial charge on any atom is 0.103 e. The van der Waals surface area contributed by atoms with Gasteiger partial charge in [-0.2, -0.15) is 0 Å². The van der Waals surface area contributed by atoms with E-state index in [2.05, 4.69) is 33.8 Å². The zero-order valence-corrected chi connectivity index (χ0v) is 11.4. The fourth-order valence-corrected chi connectivity index (χ4v) is 4.35. The van der Waals surface area contributed by atoms with Gasteiger partial charge in [0.1, 0.15) is 5.60 Å². The first-order valence-electron chi connectivity index (χ1n) is 6.96. The lowest BCUT2D eigenvalue weighted by atomic mass is 9.57. The van der Waals surface area contributed by atoms with Crippen LogP contribution in [0, 0.1) is 17.8 Å². The highest BCUT2D eigenvalue weighted by atomic mass is 16.5. The predicted molar refractivity (Wildman–Crippen MR) is 67.7 cm³/mol. The van der Waals surface area contributed by atoms with Crippen LogP contribution in [0.25, 0.3) is 0 Å². The molecule has 1 aliphatic heterocycles. The van der Waals surface area contributed by atoms with Crippen molar-refractivity contribution in [3.63, 3.8) is 0 Å². The zero-order valence-electron chi connectivity index (χ0n) is 11.4. The minimum Gasteiger partial charge on any atom is -0.386 e. The molecule has 1 saturated carbocycles. The fraction of sp³-hybridized carbons (Fsp3) is 0.867. The second-order valence-electron chi connectivity index (χ2n) is 6.85. The molecule has 0 amide bonds. The third-order valence-electron chi connectivity index (χ3n) is 5.59. The summed E-state index contributed by atoms with van der Waals surface area (Å²) in [4.78, 5) is 0. The first-order chi connectivity index (χ1) is 7.87. The van der Waals surface area contributed by atoms with Crippen LogP contribution in [-0.2, 0) is 4.74 Å². The van der Waals surface area contributed by atoms with Gasteiger partial charge in [-0.1, -0.05) is 19.9 Å². The van der Waals surface area contributed by atoms with Crippen LogP contribution >= 0.6 is 0 Å². The number of ether oxygens (including phenoxy) is 1. The number of hydrogen-bond donors (Lipinski definition) is 1. The normalized spacial score (nSPS) is 52.8. The number of fused-ring (bicyclic) bond motifs is 1. The highest BCUT2D eigenvalue weighted by Gasteiger charge is 2.65. The molecule has 1 heterocycles. The van der Waals surface area contributed by atoms with Gasteiger partial charge in [0.05, 0.1) is 11.7 Å². The van der Waals surface area contributed by atoms with E-state index >= 15 is 0 Å². The van der Waals surface area contributed by atoms with Gasteiger partial charge in [-0.15, -0.1) is 0 Å². The predicted octanol–water partition coefficient (Wildman–Crippen LogP) is 2.91. The molecule has 0 aromatic heterocycles. The van der Waals surface area contributed by atoms with E-state index in [0.29, 0.717) is 17.8 Å². The smallest absolute Gasteiger partial charge is 0.103 e. The van der Waals surface area contributed by atoms with Gasteiger partial charge >= 0.3 is 0 Å². The Hall–Kier alpha value is -0.340. The highest BCUT2D eigenvalue weighted by Crippen LogP contribution is 2.59. The summed E-state index contributed by atoms with van der Waals surface area (Å²) < 4.78 is 6.17. The van der Waals surface area contributed by atoms with Crippen molar-refractivity contribution in [1.29, 1.82) is 0 Å². The summed E-state index contributed by atoms with van der Waals surface area (Å²) in [5, 5.41) is 11.1. The second-order valence-corrected chi connectivity index (χ2v) is 6.85. The molecule has 2 heteroatoms. The van der Waals surface area contributed by atoms with E-state index in [4.69, 9.17) is 4.74 Å². The lowest BCUT2D eigenvalue weighted by Crippen LogP contribution is -2.59. The van der Waals surface area contributed by atoms with Crippen molar-refractivity contribution in [2.75, 3.05) is 0 Å². The molecule has 0 aromatic carbocycles. The molecule has 17 heavy (non-hydrogen) atoms. The monoisotopic (exact) mass is 236 g/mol. The average Bonchev–Trinajstić information content (AvgIpc) is 2.49. The maximum absolute atomic E-state index is 11.1. The van der Waals surface area contributed by atoms with Crippen LogP contribution in [0.2, 0.25) is 0 Å². The number of rotatable bonds is 1. The van der Waals surface area contributed by atoms with Gasteiger partial charge in [-0.3, -0.25) is 0 Å². The molecule has 1 saturated heterocycles. The molecule has 2 aliphatic carbocycles. The summed E-state index contributed by atoms with van der Waals surface area (Å²) in [6.07, 6.45) is 5.45. The minimum absolute atomic E-state index is 0.159. The quantitative estimate of drug-likeness (QED) is 0.709. The first-order valence-corrected chi connectivity index (χ1v) is 6.96. The molecule has 3 rings (SSSR count). The first kappa shape index (κ1) is 11.7. The minimum atomic E-state index is -0.621. The van der Waals surface area contributed by atoms with E-state index in [0.717, 1.165) is 12.8 Å². The van der Waals surface area contributed by atoms with Crippen molar-refractivity contribution in [3.8, 4) is 0 Å². The lowest BCUT2D eigenvalue weighted by Gasteiger charge is -2.51. The molecule has 1 N–H and O–H groups in total. The van der Waals surface area contributed by atoms with Crippen molar-refractivity contribution >= 4 is 0 Å². The Kier molecular flexibility index (Phi) is 2.32. The molecule has 2 nitrogen and oxygen atoms in total. The van der Waals surface area contributed by atoms with E-state index in [1.54, 1.807) is 0 Å². The van der Waals surface area contributed by atoms with Crippen molar-refractivity contribution in [2.24, 2.45) is 17.8 Å². The van der Waals surface area contributed by atoms with Crippen LogP contribution < -0.4 is 0 Å². The Bertz CT molecular complexity index is 373. The van der Waals surface area contributed by atoms with Crippen LogP contribution in [0.5, 0.6) is 0 Å². The zero-order chi connectivity index (χ0) is 12.4. The molecular weight excluding hydrogens is 212 g/mol. The lowest BCUT2D eigenvalue weighted by molar-refractivity contribution is -0.171. The Balaban J connectivity index is 2.07. The summed E-state index contributed by atoms with van der Waals surface area (Å²) in [6, 6.07) is 0. The van der Waals surface area contributed by atoms with Crippen LogP contribution in [0.15, 0.2) is 11.6 Å². The second kappa shape index (κ2) is 3.36. The van der Waals surface area contributed by atoms with Gasteiger partial charge in [-0.05, 0) is 44.1 Å². The molecule has 0 unspecified atom stereocenters. The molecule has 0 spiro atoms. The third-order valence-corrected chi connectivity index (χ3v) is 5.59. The summed E-state index contributed by atoms with van der Waals surface area (Å²) >= 11 is 0. The fourth-order valence-electron chi connectivity index (χ4n) is 4.35. The molecule has 0 radical (unpaired) electrons. The highest BCUT2D eigenvalue weighted by molar-refractivity contribution is 5.28. The summed E-state index contributed by atoms with van der Waals surface area (Å²) in [6.45, 7) is 8.83. The van der Waals surface area contributed by atoms with Gasteiger partial charge in [0.2, 0.25) is 0 Å². The Morgan fingerprint density at radius 2 is 2.18 bits per heavy atom. The van der Waals surface area contributed by atoms with E-state index < -0.39 is 5.60 Å². The van der Waals surface area contributed by atoms with Crippen LogP contribution in [0.3, 0.4) is 0 Å². The topological polar surface area (TPSA) is 29.5 Å². The van der Waals surface area contributed by atoms with Crippen molar-refractivity contribution in [2.45, 2.75) is 64.3 Å². The molecule has 3 aliphatic rings. The van der Waals surface area contributed by atoms with E-state index in [9.17, 15) is 5.11 Å². The van der Waals surface area contributed by atoms with Gasteiger partial charge in [0.25, 0.3) is 0 Å². The standard InChI is InChI=1S/C15H24O2/c1-9(2)11-5-6-14(4)15(16)8-13(17-14)10(3)7-12(11)15/h7,9,11-13,16H,5-6,8H2,1-4H3/t11-,12-,13+,14+,15+/m0/s1. The molecular formula is C15H24O2. The summed E-state index contributed by atoms with van der Waals surface area (Å²) in [5.74, 6) is 1.53. The molecule has 0 aromatic rings. The Morgan fingerprint density at radius 3 is 2.82 bits per heavy atom. The molecule has 2 fully saturated rings. The molecule has 2 bridgehead atoms. The van der Waals surface area contributed by atoms with Crippen molar-refractivity contribution < 1.29 is 9.84 Å². The van der Waals surface area contributed by atoms with Crippen molar-refractivity contribution in [3.05, 3.63) is 11.6 Å². The Labute approximate surface area is 104 Å². The number of hydrogen-bond acceptors (Lipinski definition) is 2. The number of aliphatic hydroxyl groups is 1. The maximum atomic E-state index is 11.1. The van der Waals surface area contributed by atoms with E-state index in [-0.39, 0.29) is 11.7 Å². The SMILES string of the molecule is CC1=C[C@H]2[C@H](C(C)C)CC[C@@]3(C)O[C@@H]1C[C@@]23O. The average molecular weight is 236 g/mol.